The summed E-state index contributed by atoms with van der Waals surface area (Å²) in [5.41, 5.74) is -0.757. The van der Waals surface area contributed by atoms with Crippen molar-refractivity contribution in [1.29, 1.82) is 0 Å². The van der Waals surface area contributed by atoms with Crippen LogP contribution in [0.15, 0.2) is 90.1 Å². The molecule has 3 fully saturated rings. The van der Waals surface area contributed by atoms with Crippen molar-refractivity contribution in [2.75, 3.05) is 38.1 Å². The Morgan fingerprint density at radius 2 is 1.81 bits per heavy atom. The predicted octanol–water partition coefficient (Wildman–Crippen LogP) is 6.01. The molecule has 2 aromatic carbocycles. The SMILES string of the molecule is O=C(OCc1ccccc1)N1CCC2(CCC2Nc2ncc(C(F)(F)F)c(-c3cn(S(=O)(=O)c4ccccc4)c4nc(C5CNCCO5)ccc34)n2)C1. The second-order valence-electron chi connectivity index (χ2n) is 13.6. The summed E-state index contributed by atoms with van der Waals surface area (Å²) in [6.45, 7) is 2.56. The average Bonchev–Trinajstić information content (AvgIpc) is 3.81. The third-order valence-corrected chi connectivity index (χ3v) is 12.0. The van der Waals surface area contributed by atoms with E-state index in [1.165, 1.54) is 12.1 Å². The summed E-state index contributed by atoms with van der Waals surface area (Å²) in [6, 6.07) is 20.0. The lowest BCUT2D eigenvalue weighted by Gasteiger charge is -2.47. The van der Waals surface area contributed by atoms with E-state index in [1.54, 1.807) is 35.2 Å². The fourth-order valence-corrected chi connectivity index (χ4v) is 8.73. The summed E-state index contributed by atoms with van der Waals surface area (Å²) < 4.78 is 84.3. The number of nitrogens with zero attached hydrogens (tertiary/aromatic N) is 5. The molecule has 2 N–H and O–H groups in total. The number of morpholine rings is 1. The number of ether oxygens (including phenoxy) is 2. The predicted molar refractivity (Wildman–Crippen MR) is 188 cm³/mol. The zero-order valence-corrected chi connectivity index (χ0v) is 29.2. The van der Waals surface area contributed by atoms with Crippen LogP contribution in [0.2, 0.25) is 0 Å². The van der Waals surface area contributed by atoms with Crippen LogP contribution >= 0.6 is 0 Å². The maximum atomic E-state index is 14.6. The highest BCUT2D eigenvalue weighted by Gasteiger charge is 2.52. The summed E-state index contributed by atoms with van der Waals surface area (Å²) in [7, 11) is -4.31. The van der Waals surface area contributed by atoms with Gasteiger partial charge in [-0.2, -0.15) is 13.2 Å². The summed E-state index contributed by atoms with van der Waals surface area (Å²) in [5, 5.41) is 6.62. The number of amides is 1. The third kappa shape index (κ3) is 6.70. The lowest BCUT2D eigenvalue weighted by atomic mass is 9.64. The van der Waals surface area contributed by atoms with Gasteiger partial charge in [0.05, 0.1) is 22.9 Å². The van der Waals surface area contributed by atoms with Crippen LogP contribution in [0.1, 0.15) is 42.2 Å². The Balaban J connectivity index is 1.12. The van der Waals surface area contributed by atoms with Gasteiger partial charge in [0.15, 0.2) is 5.65 Å². The van der Waals surface area contributed by atoms with Crippen molar-refractivity contribution in [3.05, 3.63) is 102 Å². The molecule has 3 aliphatic rings. The number of halogens is 3. The number of carbonyl (C=O) groups excluding carboxylic acids is 1. The Bertz CT molecular complexity index is 2250. The highest BCUT2D eigenvalue weighted by atomic mass is 32.2. The molecule has 5 aromatic rings. The Labute approximate surface area is 303 Å². The van der Waals surface area contributed by atoms with Gasteiger partial charge in [0.2, 0.25) is 5.95 Å². The first-order valence-electron chi connectivity index (χ1n) is 17.3. The van der Waals surface area contributed by atoms with Gasteiger partial charge < -0.3 is 25.0 Å². The molecule has 0 radical (unpaired) electrons. The summed E-state index contributed by atoms with van der Waals surface area (Å²) >= 11 is 0. The summed E-state index contributed by atoms with van der Waals surface area (Å²) in [6.07, 6.45) is -1.72. The van der Waals surface area contributed by atoms with Crippen molar-refractivity contribution in [1.82, 2.24) is 29.1 Å². The normalized spacial score (nSPS) is 21.8. The number of likely N-dealkylation sites (tertiary alicyclic amines) is 1. The lowest BCUT2D eigenvalue weighted by Crippen LogP contribution is -2.51. The molecule has 12 nitrogen and oxygen atoms in total. The molecule has 276 valence electrons. The van der Waals surface area contributed by atoms with Crippen LogP contribution < -0.4 is 10.6 Å². The second kappa shape index (κ2) is 13.7. The van der Waals surface area contributed by atoms with Gasteiger partial charge >= 0.3 is 12.3 Å². The van der Waals surface area contributed by atoms with Gasteiger partial charge in [-0.05, 0) is 49.1 Å². The van der Waals surface area contributed by atoms with Gasteiger partial charge in [-0.1, -0.05) is 48.5 Å². The van der Waals surface area contributed by atoms with Crippen LogP contribution in [-0.2, 0) is 32.3 Å². The smallest absolute Gasteiger partial charge is 0.419 e. The van der Waals surface area contributed by atoms with Crippen molar-refractivity contribution < 1.29 is 35.9 Å². The number of rotatable bonds is 8. The van der Waals surface area contributed by atoms with Crippen LogP contribution in [0.4, 0.5) is 23.9 Å². The van der Waals surface area contributed by atoms with Crippen molar-refractivity contribution in [3.8, 4) is 11.3 Å². The molecule has 2 saturated heterocycles. The van der Waals surface area contributed by atoms with Crippen molar-refractivity contribution in [3.63, 3.8) is 0 Å². The molecule has 3 atom stereocenters. The van der Waals surface area contributed by atoms with Crippen molar-refractivity contribution >= 4 is 33.1 Å². The molecule has 1 amide bonds. The molecule has 8 rings (SSSR count). The van der Waals surface area contributed by atoms with Crippen molar-refractivity contribution in [2.45, 2.75) is 49.1 Å². The topological polar surface area (TPSA) is 141 Å². The molecule has 16 heteroatoms. The molecule has 53 heavy (non-hydrogen) atoms. The van der Waals surface area contributed by atoms with Crippen LogP contribution in [0, 0.1) is 5.41 Å². The number of benzene rings is 2. The minimum atomic E-state index is -4.86. The molecule has 0 bridgehead atoms. The highest BCUT2D eigenvalue weighted by molar-refractivity contribution is 7.90. The van der Waals surface area contributed by atoms with E-state index in [0.717, 1.165) is 28.4 Å². The van der Waals surface area contributed by atoms with Crippen molar-refractivity contribution in [2.24, 2.45) is 5.41 Å². The molecular formula is C37H36F3N7O5S. The van der Waals surface area contributed by atoms with Gasteiger partial charge in [-0.25, -0.2) is 32.1 Å². The largest absolute Gasteiger partial charge is 0.445 e. The maximum Gasteiger partial charge on any atom is 0.419 e. The minimum absolute atomic E-state index is 0.0414. The average molecular weight is 748 g/mol. The van der Waals surface area contributed by atoms with Gasteiger partial charge in [-0.3, -0.25) is 0 Å². The molecule has 5 heterocycles. The molecule has 1 saturated carbocycles. The van der Waals surface area contributed by atoms with E-state index in [1.807, 2.05) is 30.3 Å². The van der Waals surface area contributed by atoms with E-state index in [4.69, 9.17) is 9.47 Å². The quantitative estimate of drug-likeness (QED) is 0.194. The maximum absolute atomic E-state index is 14.6. The zero-order chi connectivity index (χ0) is 36.8. The van der Waals surface area contributed by atoms with Gasteiger partial charge in [-0.15, -0.1) is 0 Å². The van der Waals surface area contributed by atoms with Crippen LogP contribution in [-0.4, -0.2) is 77.2 Å². The molecule has 1 spiro atoms. The molecule has 2 aliphatic heterocycles. The van der Waals surface area contributed by atoms with Gasteiger partial charge in [0.25, 0.3) is 10.0 Å². The van der Waals surface area contributed by atoms with E-state index in [0.29, 0.717) is 51.3 Å². The number of alkyl halides is 3. The van der Waals surface area contributed by atoms with Gasteiger partial charge in [0, 0.05) is 61.0 Å². The highest BCUT2D eigenvalue weighted by Crippen LogP contribution is 2.50. The first-order chi connectivity index (χ1) is 25.5. The number of carbonyl (C=O) groups is 1. The van der Waals surface area contributed by atoms with Gasteiger partial charge in [0.1, 0.15) is 18.3 Å². The minimum Gasteiger partial charge on any atom is -0.445 e. The van der Waals surface area contributed by atoms with Crippen LogP contribution in [0.5, 0.6) is 0 Å². The zero-order valence-electron chi connectivity index (χ0n) is 28.4. The first-order valence-corrected chi connectivity index (χ1v) is 18.8. The van der Waals surface area contributed by atoms with Crippen LogP contribution in [0.3, 0.4) is 0 Å². The molecule has 1 aliphatic carbocycles. The van der Waals surface area contributed by atoms with E-state index in [9.17, 15) is 26.4 Å². The Hall–Kier alpha value is -5.06. The fraction of sp³-hybridized carbons (Fsp3) is 0.351. The Morgan fingerprint density at radius 1 is 1.04 bits per heavy atom. The molecule has 3 aromatic heterocycles. The number of hydrogen-bond acceptors (Lipinski definition) is 10. The monoisotopic (exact) mass is 747 g/mol. The third-order valence-electron chi connectivity index (χ3n) is 10.4. The standard InChI is InChI=1S/C37H36F3N7O5S/c38-37(39,40)28-19-42-34(44-31-13-14-36(31)15-17-46(23-36)35(48)52-22-24-7-3-1-4-8-24)45-32(28)27-21-47(53(49,50)25-9-5-2-6-10-25)33-26(27)11-12-29(43-33)30-20-41-16-18-51-30/h1-12,19,21,30-31,41H,13-18,20,22-23H2,(H,42,44,45). The number of pyridine rings is 1. The number of aromatic nitrogens is 4. The number of nitrogens with one attached hydrogen (secondary N) is 2. The second-order valence-corrected chi connectivity index (χ2v) is 15.4. The first kappa shape index (κ1) is 35.0. The molecule has 3 unspecified atom stereocenters. The summed E-state index contributed by atoms with van der Waals surface area (Å²) in [5.74, 6) is -0.0414. The Morgan fingerprint density at radius 3 is 2.51 bits per heavy atom. The number of anilines is 1. The van der Waals surface area contributed by atoms with E-state index < -0.39 is 39.7 Å². The fourth-order valence-electron chi connectivity index (χ4n) is 7.39. The Kier molecular flexibility index (Phi) is 9.07. The molecular weight excluding hydrogens is 712 g/mol. The van der Waals surface area contributed by atoms with E-state index in [-0.39, 0.29) is 45.5 Å². The lowest BCUT2D eigenvalue weighted by molar-refractivity contribution is -0.137. The number of fused-ring (bicyclic) bond motifs is 1. The van der Waals surface area contributed by atoms with Crippen LogP contribution in [0.25, 0.3) is 22.3 Å². The summed E-state index contributed by atoms with van der Waals surface area (Å²) in [4.78, 5) is 27.7. The van der Waals surface area contributed by atoms with E-state index in [2.05, 4.69) is 25.6 Å². The number of hydrogen-bond donors (Lipinski definition) is 2. The van der Waals surface area contributed by atoms with E-state index >= 15 is 0 Å².